The van der Waals surface area contributed by atoms with E-state index >= 15 is 0 Å². The fourth-order valence-electron chi connectivity index (χ4n) is 2.64. The number of benzene rings is 2. The van der Waals surface area contributed by atoms with E-state index in [1.54, 1.807) is 0 Å². The van der Waals surface area contributed by atoms with Crippen molar-refractivity contribution in [2.24, 2.45) is 0 Å². The molecule has 1 unspecified atom stereocenters. The minimum absolute atomic E-state index is 0.00581. The molecule has 0 radical (unpaired) electrons. The molecule has 2 amide bonds. The Kier molecular flexibility index (Phi) is 6.54. The van der Waals surface area contributed by atoms with Crippen LogP contribution in [0.5, 0.6) is 5.75 Å². The number of anilines is 1. The van der Waals surface area contributed by atoms with Crippen molar-refractivity contribution in [2.45, 2.75) is 26.3 Å². The van der Waals surface area contributed by atoms with Crippen LogP contribution in [0.25, 0.3) is 0 Å². The van der Waals surface area contributed by atoms with Crippen LogP contribution >= 0.6 is 0 Å². The zero-order valence-electron chi connectivity index (χ0n) is 15.4. The van der Waals surface area contributed by atoms with Crippen LogP contribution < -0.4 is 15.4 Å². The van der Waals surface area contributed by atoms with Gasteiger partial charge in [-0.1, -0.05) is 29.8 Å². The average molecular weight is 370 g/mol. The number of aromatic carboxylic acids is 1. The molecule has 2 rings (SSSR count). The number of rotatable bonds is 7. The fraction of sp³-hybridized carbons (Fsp3) is 0.250. The van der Waals surface area contributed by atoms with Gasteiger partial charge in [0.05, 0.1) is 19.6 Å². The third kappa shape index (κ3) is 5.57. The van der Waals surface area contributed by atoms with Gasteiger partial charge in [0.1, 0.15) is 11.3 Å². The number of carbonyl (C=O) groups excluding carboxylic acids is 2. The zero-order valence-corrected chi connectivity index (χ0v) is 15.4. The summed E-state index contributed by atoms with van der Waals surface area (Å²) in [5.41, 5.74) is 2.32. The molecule has 2 aromatic rings. The van der Waals surface area contributed by atoms with Gasteiger partial charge in [0.2, 0.25) is 11.8 Å². The summed E-state index contributed by atoms with van der Waals surface area (Å²) in [6.45, 7) is 3.35. The Hall–Kier alpha value is -3.35. The van der Waals surface area contributed by atoms with Gasteiger partial charge in [-0.25, -0.2) is 4.79 Å². The topological polar surface area (TPSA) is 105 Å². The Morgan fingerprint density at radius 2 is 1.78 bits per heavy atom. The van der Waals surface area contributed by atoms with Crippen molar-refractivity contribution in [3.63, 3.8) is 0 Å². The number of nitrogens with one attached hydrogen (secondary N) is 2. The number of carbonyl (C=O) groups is 3. The number of amides is 2. The zero-order chi connectivity index (χ0) is 20.0. The summed E-state index contributed by atoms with van der Waals surface area (Å²) >= 11 is 0. The maximum atomic E-state index is 12.4. The quantitative estimate of drug-likeness (QED) is 0.695. The van der Waals surface area contributed by atoms with E-state index in [1.165, 1.54) is 32.2 Å². The maximum absolute atomic E-state index is 12.4. The van der Waals surface area contributed by atoms with Gasteiger partial charge >= 0.3 is 5.97 Å². The highest BCUT2D eigenvalue weighted by Crippen LogP contribution is 2.24. The fourth-order valence-corrected chi connectivity index (χ4v) is 2.64. The molecule has 0 aliphatic heterocycles. The molecule has 7 heteroatoms. The summed E-state index contributed by atoms with van der Waals surface area (Å²) in [6.07, 6.45) is 0.0334. The van der Waals surface area contributed by atoms with Crippen LogP contribution in [0.3, 0.4) is 0 Å². The van der Waals surface area contributed by atoms with Crippen LogP contribution in [0.1, 0.15) is 40.9 Å². The number of aryl methyl sites for hydroxylation is 1. The Morgan fingerprint density at radius 1 is 1.11 bits per heavy atom. The van der Waals surface area contributed by atoms with Crippen molar-refractivity contribution in [3.8, 4) is 5.75 Å². The van der Waals surface area contributed by atoms with Crippen molar-refractivity contribution in [1.82, 2.24) is 5.32 Å². The standard InChI is InChI=1S/C20H22N2O5/c1-12-4-6-14(7-5-12)17(21-13(2)23)11-19(24)22-15-8-9-16(20(25)26)18(10-15)27-3/h4-10,17H,11H2,1-3H3,(H,21,23)(H,22,24)(H,25,26). The van der Waals surface area contributed by atoms with Gasteiger partial charge < -0.3 is 20.5 Å². The van der Waals surface area contributed by atoms with Gasteiger partial charge in [0.15, 0.2) is 0 Å². The van der Waals surface area contributed by atoms with Crippen molar-refractivity contribution in [1.29, 1.82) is 0 Å². The molecule has 0 saturated heterocycles. The minimum Gasteiger partial charge on any atom is -0.496 e. The summed E-state index contributed by atoms with van der Waals surface area (Å²) in [7, 11) is 1.36. The predicted molar refractivity (Wildman–Crippen MR) is 101 cm³/mol. The smallest absolute Gasteiger partial charge is 0.339 e. The van der Waals surface area contributed by atoms with E-state index in [2.05, 4.69) is 10.6 Å². The summed E-state index contributed by atoms with van der Waals surface area (Å²) in [4.78, 5) is 35.1. The van der Waals surface area contributed by atoms with Crippen molar-refractivity contribution in [2.75, 3.05) is 12.4 Å². The van der Waals surface area contributed by atoms with E-state index in [4.69, 9.17) is 9.84 Å². The normalized spacial score (nSPS) is 11.4. The first-order valence-corrected chi connectivity index (χ1v) is 8.35. The summed E-state index contributed by atoms with van der Waals surface area (Å²) in [6, 6.07) is 11.4. The van der Waals surface area contributed by atoms with Crippen LogP contribution in [-0.4, -0.2) is 30.0 Å². The second-order valence-electron chi connectivity index (χ2n) is 6.14. The molecule has 7 nitrogen and oxygen atoms in total. The first-order valence-electron chi connectivity index (χ1n) is 8.35. The van der Waals surface area contributed by atoms with Crippen molar-refractivity contribution >= 4 is 23.5 Å². The highest BCUT2D eigenvalue weighted by Gasteiger charge is 2.18. The summed E-state index contributed by atoms with van der Waals surface area (Å²) in [5, 5.41) is 14.6. The Balaban J connectivity index is 2.14. The first-order chi connectivity index (χ1) is 12.8. The second-order valence-corrected chi connectivity index (χ2v) is 6.14. The van der Waals surface area contributed by atoms with Gasteiger partial charge in [0.25, 0.3) is 0 Å². The van der Waals surface area contributed by atoms with Crippen LogP contribution in [0.2, 0.25) is 0 Å². The number of carboxylic acid groups (broad SMARTS) is 1. The molecule has 0 aliphatic rings. The lowest BCUT2D eigenvalue weighted by atomic mass is 10.0. The van der Waals surface area contributed by atoms with E-state index in [1.807, 2.05) is 31.2 Å². The number of hydrogen-bond acceptors (Lipinski definition) is 4. The van der Waals surface area contributed by atoms with E-state index in [0.29, 0.717) is 5.69 Å². The van der Waals surface area contributed by atoms with Gasteiger partial charge in [-0.3, -0.25) is 9.59 Å². The predicted octanol–water partition coefficient (Wildman–Crippen LogP) is 2.91. The molecular formula is C20H22N2O5. The van der Waals surface area contributed by atoms with Crippen molar-refractivity contribution < 1.29 is 24.2 Å². The van der Waals surface area contributed by atoms with E-state index < -0.39 is 12.0 Å². The van der Waals surface area contributed by atoms with Crippen LogP contribution in [0, 0.1) is 6.92 Å². The number of methoxy groups -OCH3 is 1. The number of carboxylic acids is 1. The lowest BCUT2D eigenvalue weighted by Crippen LogP contribution is -2.29. The second kappa shape index (κ2) is 8.84. The monoisotopic (exact) mass is 370 g/mol. The molecule has 0 saturated carbocycles. The van der Waals surface area contributed by atoms with E-state index in [0.717, 1.165) is 11.1 Å². The third-order valence-corrected chi connectivity index (χ3v) is 3.96. The lowest BCUT2D eigenvalue weighted by Gasteiger charge is -2.18. The molecule has 0 bridgehead atoms. The highest BCUT2D eigenvalue weighted by atomic mass is 16.5. The Morgan fingerprint density at radius 3 is 2.33 bits per heavy atom. The molecule has 0 spiro atoms. The number of ether oxygens (including phenoxy) is 1. The summed E-state index contributed by atoms with van der Waals surface area (Å²) < 4.78 is 5.05. The summed E-state index contributed by atoms with van der Waals surface area (Å²) in [5.74, 6) is -1.52. The average Bonchev–Trinajstić information content (AvgIpc) is 2.61. The van der Waals surface area contributed by atoms with E-state index in [9.17, 15) is 14.4 Å². The molecule has 3 N–H and O–H groups in total. The minimum atomic E-state index is -1.12. The first kappa shape index (κ1) is 20.0. The molecule has 1 atom stereocenters. The maximum Gasteiger partial charge on any atom is 0.339 e. The van der Waals surface area contributed by atoms with Gasteiger partial charge in [-0.2, -0.15) is 0 Å². The lowest BCUT2D eigenvalue weighted by molar-refractivity contribution is -0.120. The molecule has 142 valence electrons. The molecular weight excluding hydrogens is 348 g/mol. The molecule has 0 aromatic heterocycles. The highest BCUT2D eigenvalue weighted by molar-refractivity contribution is 5.95. The Bertz CT molecular complexity index is 846. The van der Waals surface area contributed by atoms with Gasteiger partial charge in [0, 0.05) is 18.7 Å². The molecule has 0 fully saturated rings. The largest absolute Gasteiger partial charge is 0.496 e. The third-order valence-electron chi connectivity index (χ3n) is 3.96. The van der Waals surface area contributed by atoms with Crippen LogP contribution in [0.15, 0.2) is 42.5 Å². The van der Waals surface area contributed by atoms with Crippen LogP contribution in [0.4, 0.5) is 5.69 Å². The molecule has 0 heterocycles. The van der Waals surface area contributed by atoms with E-state index in [-0.39, 0.29) is 29.5 Å². The van der Waals surface area contributed by atoms with Gasteiger partial charge in [-0.15, -0.1) is 0 Å². The molecule has 27 heavy (non-hydrogen) atoms. The van der Waals surface area contributed by atoms with Gasteiger partial charge in [-0.05, 0) is 24.6 Å². The Labute approximate surface area is 157 Å². The SMILES string of the molecule is COc1cc(NC(=O)CC(NC(C)=O)c2ccc(C)cc2)ccc1C(=O)O. The van der Waals surface area contributed by atoms with Crippen LogP contribution in [-0.2, 0) is 9.59 Å². The number of hydrogen-bond donors (Lipinski definition) is 3. The molecule has 2 aromatic carbocycles. The molecule has 0 aliphatic carbocycles. The van der Waals surface area contributed by atoms with Crippen molar-refractivity contribution in [3.05, 3.63) is 59.2 Å².